The van der Waals surface area contributed by atoms with Crippen molar-refractivity contribution in [1.82, 2.24) is 5.32 Å². The molecule has 1 aliphatic rings. The number of nitrogens with one attached hydrogen (secondary N) is 1. The first-order valence-electron chi connectivity index (χ1n) is 7.38. The average Bonchev–Trinajstić information content (AvgIpc) is 3.00. The Hall–Kier alpha value is -1.45. The van der Waals surface area contributed by atoms with E-state index in [1.807, 2.05) is 0 Å². The van der Waals surface area contributed by atoms with Crippen LogP contribution < -0.4 is 10.1 Å². The number of hydrogen-bond acceptors (Lipinski definition) is 3. The lowest BCUT2D eigenvalue weighted by atomic mass is 10.1. The van der Waals surface area contributed by atoms with Crippen molar-refractivity contribution in [3.63, 3.8) is 0 Å². The average molecular weight is 299 g/mol. The molecule has 1 aliphatic heterocycles. The minimum absolute atomic E-state index is 0.352. The summed E-state index contributed by atoms with van der Waals surface area (Å²) in [7, 11) is 0. The van der Waals surface area contributed by atoms with Crippen molar-refractivity contribution in [3.05, 3.63) is 59.2 Å². The van der Waals surface area contributed by atoms with Gasteiger partial charge < -0.3 is 10.1 Å². The van der Waals surface area contributed by atoms with E-state index in [4.69, 9.17) is 4.74 Å². The maximum Gasteiger partial charge on any atom is 0.122 e. The second kappa shape index (κ2) is 6.54. The molecule has 21 heavy (non-hydrogen) atoms. The standard InChI is InChI=1S/C18H21NOS/c1-13(15-4-6-17(21-2)7-5-15)19-12-14-3-8-18-16(11-14)9-10-20-18/h3-8,11,13,19H,9-10,12H2,1-2H3. The summed E-state index contributed by atoms with van der Waals surface area (Å²) in [5, 5.41) is 3.60. The van der Waals surface area contributed by atoms with E-state index in [9.17, 15) is 0 Å². The van der Waals surface area contributed by atoms with Crippen LogP contribution in [0.25, 0.3) is 0 Å². The molecule has 1 atom stereocenters. The van der Waals surface area contributed by atoms with Crippen LogP contribution in [0.15, 0.2) is 47.4 Å². The van der Waals surface area contributed by atoms with Crippen LogP contribution >= 0.6 is 11.8 Å². The molecule has 1 unspecified atom stereocenters. The van der Waals surface area contributed by atoms with Gasteiger partial charge in [-0.25, -0.2) is 0 Å². The number of thioether (sulfide) groups is 1. The van der Waals surface area contributed by atoms with E-state index in [2.05, 4.69) is 61.0 Å². The van der Waals surface area contributed by atoms with Crippen molar-refractivity contribution >= 4 is 11.8 Å². The Morgan fingerprint density at radius 2 is 2.00 bits per heavy atom. The van der Waals surface area contributed by atoms with Crippen LogP contribution in [0.2, 0.25) is 0 Å². The predicted molar refractivity (Wildman–Crippen MR) is 89.1 cm³/mol. The molecule has 2 nitrogen and oxygen atoms in total. The highest BCUT2D eigenvalue weighted by molar-refractivity contribution is 7.98. The predicted octanol–water partition coefficient (Wildman–Crippen LogP) is 4.19. The second-order valence-corrected chi connectivity index (χ2v) is 6.30. The Labute approximate surface area is 130 Å². The van der Waals surface area contributed by atoms with Crippen molar-refractivity contribution in [2.75, 3.05) is 12.9 Å². The van der Waals surface area contributed by atoms with Gasteiger partial charge in [-0.1, -0.05) is 24.3 Å². The van der Waals surface area contributed by atoms with Gasteiger partial charge in [0.05, 0.1) is 6.61 Å². The first kappa shape index (κ1) is 14.5. The third kappa shape index (κ3) is 3.42. The van der Waals surface area contributed by atoms with Gasteiger partial charge in [0.25, 0.3) is 0 Å². The summed E-state index contributed by atoms with van der Waals surface area (Å²) in [6.45, 7) is 3.92. The Kier molecular flexibility index (Phi) is 4.51. The molecule has 0 fully saturated rings. The van der Waals surface area contributed by atoms with Gasteiger partial charge in [0.1, 0.15) is 5.75 Å². The third-order valence-corrected chi connectivity index (χ3v) is 4.73. The monoisotopic (exact) mass is 299 g/mol. The van der Waals surface area contributed by atoms with Crippen LogP contribution in [0.3, 0.4) is 0 Å². The molecular formula is C18H21NOS. The van der Waals surface area contributed by atoms with E-state index in [1.165, 1.54) is 21.6 Å². The highest BCUT2D eigenvalue weighted by Crippen LogP contribution is 2.26. The van der Waals surface area contributed by atoms with E-state index < -0.39 is 0 Å². The zero-order chi connectivity index (χ0) is 14.7. The minimum atomic E-state index is 0.352. The summed E-state index contributed by atoms with van der Waals surface area (Å²) in [5.41, 5.74) is 4.00. The smallest absolute Gasteiger partial charge is 0.122 e. The van der Waals surface area contributed by atoms with Gasteiger partial charge in [0, 0.05) is 23.9 Å². The lowest BCUT2D eigenvalue weighted by molar-refractivity contribution is 0.357. The Balaban J connectivity index is 1.61. The molecule has 2 aromatic carbocycles. The molecule has 0 aromatic heterocycles. The molecule has 0 saturated heterocycles. The molecule has 0 bridgehead atoms. The van der Waals surface area contributed by atoms with Crippen LogP contribution in [0.4, 0.5) is 0 Å². The maximum absolute atomic E-state index is 5.55. The first-order chi connectivity index (χ1) is 10.3. The van der Waals surface area contributed by atoms with Crippen LogP contribution in [-0.4, -0.2) is 12.9 Å². The van der Waals surface area contributed by atoms with E-state index >= 15 is 0 Å². The summed E-state index contributed by atoms with van der Waals surface area (Å²) in [6, 6.07) is 15.7. The summed E-state index contributed by atoms with van der Waals surface area (Å²) < 4.78 is 5.55. The van der Waals surface area contributed by atoms with Gasteiger partial charge >= 0.3 is 0 Å². The zero-order valence-electron chi connectivity index (χ0n) is 12.6. The molecular weight excluding hydrogens is 278 g/mol. The number of rotatable bonds is 5. The van der Waals surface area contributed by atoms with Crippen LogP contribution in [-0.2, 0) is 13.0 Å². The second-order valence-electron chi connectivity index (χ2n) is 5.42. The fourth-order valence-electron chi connectivity index (χ4n) is 2.63. The number of hydrogen-bond donors (Lipinski definition) is 1. The summed E-state index contributed by atoms with van der Waals surface area (Å²) in [5.74, 6) is 1.06. The fraction of sp³-hybridized carbons (Fsp3) is 0.333. The molecule has 1 heterocycles. The SMILES string of the molecule is CSc1ccc(C(C)NCc2ccc3c(c2)CCO3)cc1. The molecule has 2 aromatic rings. The molecule has 3 rings (SSSR count). The highest BCUT2D eigenvalue weighted by Gasteiger charge is 2.12. The normalized spacial score (nSPS) is 14.6. The number of ether oxygens (including phenoxy) is 1. The summed E-state index contributed by atoms with van der Waals surface area (Å²) in [4.78, 5) is 1.31. The van der Waals surface area contributed by atoms with E-state index in [0.717, 1.165) is 25.3 Å². The van der Waals surface area contributed by atoms with Crippen molar-refractivity contribution in [3.8, 4) is 5.75 Å². The van der Waals surface area contributed by atoms with E-state index in [-0.39, 0.29) is 0 Å². The molecule has 0 amide bonds. The van der Waals surface area contributed by atoms with Crippen LogP contribution in [0, 0.1) is 0 Å². The lowest BCUT2D eigenvalue weighted by Crippen LogP contribution is -2.18. The Morgan fingerprint density at radius 1 is 1.19 bits per heavy atom. The highest BCUT2D eigenvalue weighted by atomic mass is 32.2. The molecule has 0 saturated carbocycles. The molecule has 1 N–H and O–H groups in total. The number of fused-ring (bicyclic) bond motifs is 1. The molecule has 0 radical (unpaired) electrons. The van der Waals surface area contributed by atoms with Gasteiger partial charge in [-0.15, -0.1) is 11.8 Å². The van der Waals surface area contributed by atoms with Crippen molar-refractivity contribution in [2.24, 2.45) is 0 Å². The first-order valence-corrected chi connectivity index (χ1v) is 8.60. The van der Waals surface area contributed by atoms with Crippen LogP contribution in [0.1, 0.15) is 29.7 Å². The largest absolute Gasteiger partial charge is 0.493 e. The molecule has 110 valence electrons. The van der Waals surface area contributed by atoms with Gasteiger partial charge in [-0.2, -0.15) is 0 Å². The lowest BCUT2D eigenvalue weighted by Gasteiger charge is -2.15. The molecule has 3 heteroatoms. The molecule has 0 aliphatic carbocycles. The topological polar surface area (TPSA) is 21.3 Å². The maximum atomic E-state index is 5.55. The fourth-order valence-corrected chi connectivity index (χ4v) is 3.04. The quantitative estimate of drug-likeness (QED) is 0.836. The Bertz CT molecular complexity index is 609. The van der Waals surface area contributed by atoms with E-state index in [0.29, 0.717) is 6.04 Å². The van der Waals surface area contributed by atoms with Gasteiger partial charge in [0.15, 0.2) is 0 Å². The molecule has 0 spiro atoms. The zero-order valence-corrected chi connectivity index (χ0v) is 13.4. The third-order valence-electron chi connectivity index (χ3n) is 3.98. The Morgan fingerprint density at radius 3 is 2.76 bits per heavy atom. The van der Waals surface area contributed by atoms with E-state index in [1.54, 1.807) is 11.8 Å². The summed E-state index contributed by atoms with van der Waals surface area (Å²) >= 11 is 1.78. The van der Waals surface area contributed by atoms with Crippen molar-refractivity contribution in [2.45, 2.75) is 30.8 Å². The van der Waals surface area contributed by atoms with Crippen LogP contribution in [0.5, 0.6) is 5.75 Å². The van der Waals surface area contributed by atoms with Gasteiger partial charge in [-0.3, -0.25) is 0 Å². The van der Waals surface area contributed by atoms with Crippen molar-refractivity contribution < 1.29 is 4.74 Å². The summed E-state index contributed by atoms with van der Waals surface area (Å²) in [6.07, 6.45) is 3.14. The van der Waals surface area contributed by atoms with Gasteiger partial charge in [0.2, 0.25) is 0 Å². The van der Waals surface area contributed by atoms with Crippen molar-refractivity contribution in [1.29, 1.82) is 0 Å². The van der Waals surface area contributed by atoms with Gasteiger partial charge in [-0.05, 0) is 48.1 Å². The minimum Gasteiger partial charge on any atom is -0.493 e. The number of benzene rings is 2.